The van der Waals surface area contributed by atoms with Gasteiger partial charge in [-0.1, -0.05) is 51.5 Å². The Morgan fingerprint density at radius 3 is 2.18 bits per heavy atom. The number of aliphatic hydroxyl groups excluding tert-OH is 1. The van der Waals surface area contributed by atoms with Gasteiger partial charge >= 0.3 is 0 Å². The van der Waals surface area contributed by atoms with Gasteiger partial charge in [-0.25, -0.2) is 0 Å². The van der Waals surface area contributed by atoms with Crippen LogP contribution in [0.1, 0.15) is 60.7 Å². The molecule has 7 heteroatoms. The molecule has 0 unspecified atom stereocenters. The standard InChI is InChI=1S/C31H43N3O4/c1-21(2)25-11-10-22(3)18-28(25)38-20-24(35)19-33-14-12-32(13-15-33)16-17-34-30(36)26-8-4-6-23-7-5-9-27(29(23)26)31(34)37/h4-9,21-22,24-25,28,35H,10-20H2,1-3H3/t22-,24+,25-,28-/m1/s1. The summed E-state index contributed by atoms with van der Waals surface area (Å²) in [6, 6.07) is 11.3. The predicted octanol–water partition coefficient (Wildman–Crippen LogP) is 3.89. The molecule has 0 bridgehead atoms. The second kappa shape index (κ2) is 11.8. The maximum Gasteiger partial charge on any atom is 0.261 e. The lowest BCUT2D eigenvalue weighted by molar-refractivity contribution is -0.0754. The number of rotatable bonds is 9. The Bertz CT molecular complexity index is 1090. The van der Waals surface area contributed by atoms with Gasteiger partial charge in [0.15, 0.2) is 0 Å². The molecular weight excluding hydrogens is 478 g/mol. The smallest absolute Gasteiger partial charge is 0.261 e. The van der Waals surface area contributed by atoms with Crippen LogP contribution >= 0.6 is 0 Å². The van der Waals surface area contributed by atoms with E-state index >= 15 is 0 Å². The van der Waals surface area contributed by atoms with Crippen LogP contribution in [0.5, 0.6) is 0 Å². The average molecular weight is 522 g/mol. The molecular formula is C31H43N3O4. The molecule has 0 aromatic heterocycles. The lowest BCUT2D eigenvalue weighted by Crippen LogP contribution is -2.52. The topological polar surface area (TPSA) is 73.3 Å². The number of ether oxygens (including phenoxy) is 1. The SMILES string of the molecule is CC(C)[C@H]1CC[C@@H](C)C[C@H]1OC[C@@H](O)CN1CCN(CCN2C(=O)c3cccc4cccc(c34)C2=O)CC1. The van der Waals surface area contributed by atoms with Crippen LogP contribution in [0, 0.1) is 17.8 Å². The quantitative estimate of drug-likeness (QED) is 0.505. The molecule has 5 rings (SSSR count). The van der Waals surface area contributed by atoms with Gasteiger partial charge < -0.3 is 9.84 Å². The van der Waals surface area contributed by atoms with Gasteiger partial charge in [-0.3, -0.25) is 24.3 Å². The fraction of sp³-hybridized carbons (Fsp3) is 0.613. The van der Waals surface area contributed by atoms with Crippen LogP contribution in [-0.2, 0) is 4.74 Å². The van der Waals surface area contributed by atoms with E-state index in [1.807, 2.05) is 36.4 Å². The van der Waals surface area contributed by atoms with Gasteiger partial charge in [0, 0.05) is 62.3 Å². The lowest BCUT2D eigenvalue weighted by atomic mass is 9.75. The van der Waals surface area contributed by atoms with Crippen LogP contribution in [0.25, 0.3) is 10.8 Å². The van der Waals surface area contributed by atoms with Crippen LogP contribution in [0.15, 0.2) is 36.4 Å². The third-order valence-electron chi connectivity index (χ3n) is 8.89. The molecule has 2 heterocycles. The summed E-state index contributed by atoms with van der Waals surface area (Å²) in [6.45, 7) is 12.3. The molecule has 1 saturated heterocycles. The Morgan fingerprint density at radius 2 is 1.55 bits per heavy atom. The molecule has 2 aromatic rings. The highest BCUT2D eigenvalue weighted by molar-refractivity contribution is 6.25. The van der Waals surface area contributed by atoms with Gasteiger partial charge in [0.05, 0.1) is 18.8 Å². The summed E-state index contributed by atoms with van der Waals surface area (Å²) in [7, 11) is 0. The second-order valence-electron chi connectivity index (χ2n) is 12.0. The Morgan fingerprint density at radius 1 is 0.921 bits per heavy atom. The lowest BCUT2D eigenvalue weighted by Gasteiger charge is -2.38. The Balaban J connectivity index is 1.07. The number of carbonyl (C=O) groups excluding carboxylic acids is 2. The second-order valence-corrected chi connectivity index (χ2v) is 12.0. The Hall–Kier alpha value is -2.32. The van der Waals surface area contributed by atoms with Gasteiger partial charge in [-0.2, -0.15) is 0 Å². The van der Waals surface area contributed by atoms with E-state index < -0.39 is 6.10 Å². The van der Waals surface area contributed by atoms with Crippen LogP contribution in [-0.4, -0.2) is 96.2 Å². The number of carbonyl (C=O) groups is 2. The highest BCUT2D eigenvalue weighted by Gasteiger charge is 2.34. The summed E-state index contributed by atoms with van der Waals surface area (Å²) in [5.74, 6) is 1.49. The summed E-state index contributed by atoms with van der Waals surface area (Å²) in [4.78, 5) is 32.3. The molecule has 2 fully saturated rings. The van der Waals surface area contributed by atoms with Crippen molar-refractivity contribution in [2.75, 3.05) is 52.4 Å². The molecule has 4 atom stereocenters. The van der Waals surface area contributed by atoms with Crippen LogP contribution < -0.4 is 0 Å². The van der Waals surface area contributed by atoms with Gasteiger partial charge in [0.25, 0.3) is 11.8 Å². The van der Waals surface area contributed by atoms with E-state index in [1.165, 1.54) is 17.7 Å². The van der Waals surface area contributed by atoms with Gasteiger partial charge in [0.2, 0.25) is 0 Å². The van der Waals surface area contributed by atoms with Crippen molar-refractivity contribution in [1.82, 2.24) is 14.7 Å². The molecule has 1 saturated carbocycles. The summed E-state index contributed by atoms with van der Waals surface area (Å²) < 4.78 is 6.27. The zero-order valence-electron chi connectivity index (χ0n) is 23.1. The zero-order chi connectivity index (χ0) is 26.8. The minimum absolute atomic E-state index is 0.201. The van der Waals surface area contributed by atoms with Crippen LogP contribution in [0.4, 0.5) is 0 Å². The van der Waals surface area contributed by atoms with E-state index in [2.05, 4.69) is 30.6 Å². The molecule has 206 valence electrons. The fourth-order valence-corrected chi connectivity index (χ4v) is 6.61. The van der Waals surface area contributed by atoms with Crippen LogP contribution in [0.3, 0.4) is 0 Å². The molecule has 2 aromatic carbocycles. The van der Waals surface area contributed by atoms with Gasteiger partial charge in [0.1, 0.15) is 0 Å². The summed E-state index contributed by atoms with van der Waals surface area (Å²) in [5, 5.41) is 12.4. The van der Waals surface area contributed by atoms with Gasteiger partial charge in [-0.15, -0.1) is 0 Å². The van der Waals surface area contributed by atoms with Crippen molar-refractivity contribution in [3.63, 3.8) is 0 Å². The summed E-state index contributed by atoms with van der Waals surface area (Å²) in [6.07, 6.45) is 3.36. The third kappa shape index (κ3) is 5.81. The monoisotopic (exact) mass is 521 g/mol. The van der Waals surface area contributed by atoms with E-state index in [1.54, 1.807) is 0 Å². The Kier molecular flexibility index (Phi) is 8.48. The molecule has 7 nitrogen and oxygen atoms in total. The number of hydrogen-bond donors (Lipinski definition) is 1. The highest BCUT2D eigenvalue weighted by Crippen LogP contribution is 2.35. The first kappa shape index (κ1) is 27.3. The van der Waals surface area contributed by atoms with E-state index in [0.29, 0.717) is 55.1 Å². The van der Waals surface area contributed by atoms with E-state index in [0.717, 1.165) is 43.4 Å². The molecule has 0 spiro atoms. The number of β-amino-alcohol motifs (C(OH)–C–C–N with tert-alkyl or cyclic N) is 1. The minimum atomic E-state index is -0.488. The van der Waals surface area contributed by atoms with E-state index in [-0.39, 0.29) is 17.9 Å². The Labute approximate surface area is 226 Å². The predicted molar refractivity (Wildman–Crippen MR) is 149 cm³/mol. The van der Waals surface area contributed by atoms with Crippen molar-refractivity contribution in [2.24, 2.45) is 17.8 Å². The van der Waals surface area contributed by atoms with E-state index in [4.69, 9.17) is 4.74 Å². The molecule has 1 N–H and O–H groups in total. The largest absolute Gasteiger partial charge is 0.389 e. The van der Waals surface area contributed by atoms with Crippen molar-refractivity contribution in [2.45, 2.75) is 52.2 Å². The van der Waals surface area contributed by atoms with Crippen molar-refractivity contribution in [3.8, 4) is 0 Å². The molecule has 3 aliphatic rings. The van der Waals surface area contributed by atoms with Crippen molar-refractivity contribution in [1.29, 1.82) is 0 Å². The minimum Gasteiger partial charge on any atom is -0.389 e. The summed E-state index contributed by atoms with van der Waals surface area (Å²) in [5.41, 5.74) is 1.22. The number of benzene rings is 2. The fourth-order valence-electron chi connectivity index (χ4n) is 6.61. The van der Waals surface area contributed by atoms with Crippen molar-refractivity contribution >= 4 is 22.6 Å². The zero-order valence-corrected chi connectivity index (χ0v) is 23.1. The number of amides is 2. The number of imide groups is 1. The third-order valence-corrected chi connectivity index (χ3v) is 8.89. The first-order chi connectivity index (χ1) is 18.3. The molecule has 38 heavy (non-hydrogen) atoms. The molecule has 0 radical (unpaired) electrons. The normalized spacial score (nSPS) is 25.9. The number of aliphatic hydroxyl groups is 1. The summed E-state index contributed by atoms with van der Waals surface area (Å²) >= 11 is 0. The number of nitrogens with zero attached hydrogens (tertiary/aromatic N) is 3. The highest BCUT2D eigenvalue weighted by atomic mass is 16.5. The maximum absolute atomic E-state index is 13.1. The average Bonchev–Trinajstić information content (AvgIpc) is 2.91. The first-order valence-electron chi connectivity index (χ1n) is 14.4. The van der Waals surface area contributed by atoms with Crippen molar-refractivity contribution < 1.29 is 19.4 Å². The van der Waals surface area contributed by atoms with Crippen LogP contribution in [0.2, 0.25) is 0 Å². The maximum atomic E-state index is 13.1. The first-order valence-corrected chi connectivity index (χ1v) is 14.4. The molecule has 2 aliphatic heterocycles. The molecule has 2 amide bonds. The van der Waals surface area contributed by atoms with E-state index in [9.17, 15) is 14.7 Å². The van der Waals surface area contributed by atoms with Gasteiger partial charge in [-0.05, 0) is 48.1 Å². The van der Waals surface area contributed by atoms with Crippen molar-refractivity contribution in [3.05, 3.63) is 47.5 Å². The number of hydrogen-bond acceptors (Lipinski definition) is 6. The molecule has 1 aliphatic carbocycles. The number of piperazine rings is 1.